The van der Waals surface area contributed by atoms with Gasteiger partial charge in [0.05, 0.1) is 24.6 Å². The average Bonchev–Trinajstić information content (AvgIpc) is 3.59. The molecule has 0 bridgehead atoms. The van der Waals surface area contributed by atoms with Crippen LogP contribution in [0.4, 0.5) is 0 Å². The largest absolute Gasteiger partial charge is 0.494 e. The molecule has 0 unspecified atom stereocenters. The molecular weight excluding hydrogens is 496 g/mol. The quantitative estimate of drug-likeness (QED) is 0.123. The molecule has 2 heterocycles. The summed E-state index contributed by atoms with van der Waals surface area (Å²) in [6, 6.07) is 8.12. The normalized spacial score (nSPS) is 11.3. The second-order valence-electron chi connectivity index (χ2n) is 10.9. The number of aryl methyl sites for hydroxylation is 4. The van der Waals surface area contributed by atoms with Gasteiger partial charge in [0, 0.05) is 11.4 Å². The van der Waals surface area contributed by atoms with Gasteiger partial charge in [-0.05, 0) is 99.6 Å². The molecule has 0 fully saturated rings. The van der Waals surface area contributed by atoms with Crippen LogP contribution in [0.25, 0.3) is 0 Å². The number of aromatic amines is 2. The number of H-pyrrole nitrogens is 2. The fraction of sp³-hybridized carbons (Fsp3) is 0.647. The maximum Gasteiger partial charge on any atom is 0.119 e. The molecule has 0 aliphatic heterocycles. The molecule has 6 heteroatoms. The predicted octanol–water partition coefficient (Wildman–Crippen LogP) is 8.53. The van der Waals surface area contributed by atoms with Crippen LogP contribution in [0.15, 0.2) is 24.3 Å². The summed E-state index contributed by atoms with van der Waals surface area (Å²) in [5.74, 6) is 1.86. The summed E-state index contributed by atoms with van der Waals surface area (Å²) in [6.07, 6.45) is 18.6. The fourth-order valence-corrected chi connectivity index (χ4v) is 5.53. The number of ether oxygens (including phenoxy) is 2. The van der Waals surface area contributed by atoms with E-state index in [4.69, 9.17) is 9.47 Å². The van der Waals surface area contributed by atoms with Gasteiger partial charge in [0.1, 0.15) is 11.5 Å². The zero-order valence-electron chi connectivity index (χ0n) is 25.7. The summed E-state index contributed by atoms with van der Waals surface area (Å²) in [5, 5.41) is 15.4. The van der Waals surface area contributed by atoms with E-state index in [-0.39, 0.29) is 0 Å². The first kappa shape index (κ1) is 31.8. The van der Waals surface area contributed by atoms with Crippen molar-refractivity contribution in [2.75, 3.05) is 13.2 Å². The van der Waals surface area contributed by atoms with Crippen molar-refractivity contribution in [1.29, 1.82) is 0 Å². The SMILES string of the molecule is CCc1n[nH]c(CC)c1CCCCCCCOc1ccc(OCCCCCCCc2c(CC)n[nH]c2CC)cc1. The Morgan fingerprint density at radius 3 is 1.25 bits per heavy atom. The van der Waals surface area contributed by atoms with Crippen molar-refractivity contribution in [3.05, 3.63) is 58.2 Å². The van der Waals surface area contributed by atoms with Crippen LogP contribution in [0.2, 0.25) is 0 Å². The van der Waals surface area contributed by atoms with Gasteiger partial charge in [-0.2, -0.15) is 10.2 Å². The number of aromatic nitrogens is 4. The molecule has 0 aliphatic rings. The average molecular weight is 551 g/mol. The number of benzene rings is 1. The molecule has 222 valence electrons. The van der Waals surface area contributed by atoms with Crippen LogP contribution >= 0.6 is 0 Å². The van der Waals surface area contributed by atoms with E-state index in [2.05, 4.69) is 48.1 Å². The lowest BCUT2D eigenvalue weighted by Crippen LogP contribution is -1.99. The maximum absolute atomic E-state index is 5.95. The molecule has 3 aromatic rings. The van der Waals surface area contributed by atoms with Gasteiger partial charge in [0.25, 0.3) is 0 Å². The van der Waals surface area contributed by atoms with E-state index in [1.165, 1.54) is 85.3 Å². The third kappa shape index (κ3) is 10.3. The third-order valence-electron chi connectivity index (χ3n) is 7.96. The van der Waals surface area contributed by atoms with Crippen molar-refractivity contribution in [2.45, 2.75) is 130 Å². The lowest BCUT2D eigenvalue weighted by Gasteiger charge is -2.09. The fourth-order valence-electron chi connectivity index (χ4n) is 5.53. The molecule has 0 aliphatic carbocycles. The van der Waals surface area contributed by atoms with E-state index in [1.807, 2.05) is 24.3 Å². The Morgan fingerprint density at radius 2 is 0.875 bits per heavy atom. The van der Waals surface area contributed by atoms with Crippen molar-refractivity contribution >= 4 is 0 Å². The highest BCUT2D eigenvalue weighted by atomic mass is 16.5. The van der Waals surface area contributed by atoms with Crippen molar-refractivity contribution < 1.29 is 9.47 Å². The van der Waals surface area contributed by atoms with E-state index in [0.717, 1.165) is 76.1 Å². The van der Waals surface area contributed by atoms with E-state index in [9.17, 15) is 0 Å². The van der Waals surface area contributed by atoms with Gasteiger partial charge < -0.3 is 9.47 Å². The van der Waals surface area contributed by atoms with Gasteiger partial charge >= 0.3 is 0 Å². The Balaban J connectivity index is 1.17. The summed E-state index contributed by atoms with van der Waals surface area (Å²) in [7, 11) is 0. The van der Waals surface area contributed by atoms with E-state index in [0.29, 0.717) is 0 Å². The number of hydrogen-bond acceptors (Lipinski definition) is 4. The second-order valence-corrected chi connectivity index (χ2v) is 10.9. The zero-order chi connectivity index (χ0) is 28.4. The molecule has 1 aromatic carbocycles. The Labute approximate surface area is 243 Å². The van der Waals surface area contributed by atoms with Crippen LogP contribution in [-0.4, -0.2) is 33.6 Å². The molecule has 6 nitrogen and oxygen atoms in total. The van der Waals surface area contributed by atoms with Crippen molar-refractivity contribution in [3.63, 3.8) is 0 Å². The lowest BCUT2D eigenvalue weighted by atomic mass is 10.0. The summed E-state index contributed by atoms with van der Waals surface area (Å²) in [5.41, 5.74) is 8.09. The first-order chi connectivity index (χ1) is 19.7. The number of hydrogen-bond donors (Lipinski definition) is 2. The van der Waals surface area contributed by atoms with E-state index < -0.39 is 0 Å². The molecule has 40 heavy (non-hydrogen) atoms. The first-order valence-electron chi connectivity index (χ1n) is 16.2. The molecule has 0 saturated carbocycles. The van der Waals surface area contributed by atoms with Gasteiger partial charge in [-0.3, -0.25) is 10.2 Å². The van der Waals surface area contributed by atoms with E-state index >= 15 is 0 Å². The summed E-state index contributed by atoms with van der Waals surface area (Å²) >= 11 is 0. The number of nitrogens with zero attached hydrogens (tertiary/aromatic N) is 2. The second kappa shape index (κ2) is 18.6. The van der Waals surface area contributed by atoms with Crippen LogP contribution in [0.1, 0.15) is 126 Å². The van der Waals surface area contributed by atoms with E-state index in [1.54, 1.807) is 0 Å². The Bertz CT molecular complexity index is 942. The Hall–Kier alpha value is -2.76. The topological polar surface area (TPSA) is 75.8 Å². The van der Waals surface area contributed by atoms with Crippen molar-refractivity contribution in [2.24, 2.45) is 0 Å². The highest BCUT2D eigenvalue weighted by Crippen LogP contribution is 2.20. The Kier molecular flexibility index (Phi) is 14.7. The van der Waals surface area contributed by atoms with Gasteiger partial charge in [-0.15, -0.1) is 0 Å². The summed E-state index contributed by atoms with van der Waals surface area (Å²) in [4.78, 5) is 0. The molecule has 0 atom stereocenters. The van der Waals surface area contributed by atoms with Gasteiger partial charge in [-0.1, -0.05) is 66.2 Å². The maximum atomic E-state index is 5.95. The lowest BCUT2D eigenvalue weighted by molar-refractivity contribution is 0.296. The summed E-state index contributed by atoms with van der Waals surface area (Å²) < 4.78 is 11.9. The summed E-state index contributed by atoms with van der Waals surface area (Å²) in [6.45, 7) is 10.3. The van der Waals surface area contributed by atoms with Gasteiger partial charge in [-0.25, -0.2) is 0 Å². The minimum atomic E-state index is 0.780. The molecule has 3 rings (SSSR count). The third-order valence-corrected chi connectivity index (χ3v) is 7.96. The number of nitrogens with one attached hydrogen (secondary N) is 2. The van der Waals surface area contributed by atoms with Crippen molar-refractivity contribution in [1.82, 2.24) is 20.4 Å². The zero-order valence-corrected chi connectivity index (χ0v) is 25.7. The highest BCUT2D eigenvalue weighted by Gasteiger charge is 2.11. The molecule has 0 saturated heterocycles. The Morgan fingerprint density at radius 1 is 0.500 bits per heavy atom. The first-order valence-corrected chi connectivity index (χ1v) is 16.2. The predicted molar refractivity (Wildman–Crippen MR) is 166 cm³/mol. The molecule has 2 aromatic heterocycles. The standard InChI is InChI=1S/C34H54N4O2/c1-5-31-29(32(6-2)36-35-31)19-15-11-9-13-17-25-39-27-21-23-28(24-22-27)40-26-18-14-10-12-16-20-30-33(7-3)37-38-34(30)8-4/h21-24H,5-20,25-26H2,1-4H3,(H,35,36)(H,37,38). The van der Waals surface area contributed by atoms with Gasteiger partial charge in [0.2, 0.25) is 0 Å². The monoisotopic (exact) mass is 550 g/mol. The number of unbranched alkanes of at least 4 members (excludes halogenated alkanes) is 8. The molecule has 0 amide bonds. The van der Waals surface area contributed by atoms with Crippen LogP contribution in [0, 0.1) is 0 Å². The smallest absolute Gasteiger partial charge is 0.119 e. The molecule has 0 radical (unpaired) electrons. The molecule has 2 N–H and O–H groups in total. The minimum absolute atomic E-state index is 0.780. The van der Waals surface area contributed by atoms with Crippen LogP contribution in [0.3, 0.4) is 0 Å². The van der Waals surface area contributed by atoms with Crippen LogP contribution < -0.4 is 9.47 Å². The highest BCUT2D eigenvalue weighted by molar-refractivity contribution is 5.31. The van der Waals surface area contributed by atoms with Crippen LogP contribution in [0.5, 0.6) is 11.5 Å². The van der Waals surface area contributed by atoms with Gasteiger partial charge in [0.15, 0.2) is 0 Å². The van der Waals surface area contributed by atoms with Crippen molar-refractivity contribution in [3.8, 4) is 11.5 Å². The molecule has 0 spiro atoms. The molecular formula is C34H54N4O2. The number of rotatable bonds is 22. The van der Waals surface area contributed by atoms with Crippen LogP contribution in [-0.2, 0) is 38.5 Å². The minimum Gasteiger partial charge on any atom is -0.494 e.